The number of nitrogens with zero attached hydrogens (tertiary/aromatic N) is 2. The lowest BCUT2D eigenvalue weighted by atomic mass is 9.85. The van der Waals surface area contributed by atoms with Crippen molar-refractivity contribution >= 4 is 47.7 Å². The first-order valence-corrected chi connectivity index (χ1v) is 10.7. The van der Waals surface area contributed by atoms with Crippen molar-refractivity contribution < 1.29 is 4.79 Å². The monoisotopic (exact) mass is 458 g/mol. The van der Waals surface area contributed by atoms with Crippen LogP contribution in [0.5, 0.6) is 0 Å². The number of aromatic nitrogens is 1. The van der Waals surface area contributed by atoms with Crippen molar-refractivity contribution in [2.75, 3.05) is 25.5 Å². The van der Waals surface area contributed by atoms with Crippen LogP contribution >= 0.6 is 36.2 Å². The Morgan fingerprint density at radius 2 is 2.21 bits per heavy atom. The second kappa shape index (κ2) is 13.2. The smallest absolute Gasteiger partial charge is 0.224 e. The number of hydrogen-bond acceptors (Lipinski definition) is 5. The summed E-state index contributed by atoms with van der Waals surface area (Å²) in [6.45, 7) is 5.99. The SMILES string of the molecule is CC(CC(=O)Nc1cccc(CN(C)Cc2cscn2)c1)C1CCCNC1.Cl.Cl. The number of halogens is 2. The quantitative estimate of drug-likeness (QED) is 0.607. The van der Waals surface area contributed by atoms with Crippen LogP contribution in [-0.4, -0.2) is 35.9 Å². The molecule has 1 saturated heterocycles. The molecule has 8 heteroatoms. The standard InChI is InChI=1S/C21H30N4OS.2ClH/c1-16(18-6-4-8-22-11-18)9-21(26)24-19-7-3-5-17(10-19)12-25(2)13-20-14-27-15-23-20;;/h3,5,7,10,14-16,18,22H,4,6,8-9,11-13H2,1-2H3,(H,24,26);2*1H. The van der Waals surface area contributed by atoms with E-state index in [-0.39, 0.29) is 30.7 Å². The van der Waals surface area contributed by atoms with Crippen LogP contribution in [-0.2, 0) is 17.9 Å². The highest BCUT2D eigenvalue weighted by Crippen LogP contribution is 2.23. The van der Waals surface area contributed by atoms with Crippen LogP contribution in [0.3, 0.4) is 0 Å². The fraction of sp³-hybridized carbons (Fsp3) is 0.524. The topological polar surface area (TPSA) is 57.3 Å². The van der Waals surface area contributed by atoms with Crippen LogP contribution in [0.2, 0.25) is 0 Å². The number of anilines is 1. The molecule has 162 valence electrons. The average molecular weight is 459 g/mol. The summed E-state index contributed by atoms with van der Waals surface area (Å²) >= 11 is 1.62. The first-order valence-electron chi connectivity index (χ1n) is 9.75. The number of thiazole rings is 1. The Labute approximate surface area is 190 Å². The Bertz CT molecular complexity index is 723. The van der Waals surface area contributed by atoms with E-state index in [2.05, 4.69) is 52.0 Å². The molecule has 29 heavy (non-hydrogen) atoms. The molecule has 1 aliphatic heterocycles. The third kappa shape index (κ3) is 8.60. The molecule has 0 aliphatic carbocycles. The van der Waals surface area contributed by atoms with E-state index >= 15 is 0 Å². The Balaban J connectivity index is 0.00000210. The predicted octanol–water partition coefficient (Wildman–Crippen LogP) is 4.58. The number of piperidine rings is 1. The van der Waals surface area contributed by atoms with E-state index < -0.39 is 0 Å². The molecule has 2 aromatic rings. The summed E-state index contributed by atoms with van der Waals surface area (Å²) in [6.07, 6.45) is 3.02. The maximum Gasteiger partial charge on any atom is 0.224 e. The number of amides is 1. The molecule has 2 unspecified atom stereocenters. The molecular formula is C21H32Cl2N4OS. The first-order chi connectivity index (χ1) is 13.1. The lowest BCUT2D eigenvalue weighted by Gasteiger charge is -2.28. The predicted molar refractivity (Wildman–Crippen MR) is 126 cm³/mol. The number of carbonyl (C=O) groups excluding carboxylic acids is 1. The molecule has 1 aromatic carbocycles. The Kier molecular flexibility index (Phi) is 11.8. The molecular weight excluding hydrogens is 427 g/mol. The maximum atomic E-state index is 12.5. The molecule has 0 bridgehead atoms. The van der Waals surface area contributed by atoms with E-state index in [0.29, 0.717) is 18.3 Å². The summed E-state index contributed by atoms with van der Waals surface area (Å²) in [5.41, 5.74) is 5.03. The molecule has 0 spiro atoms. The van der Waals surface area contributed by atoms with E-state index in [4.69, 9.17) is 0 Å². The first kappa shape index (κ1) is 25.9. The summed E-state index contributed by atoms with van der Waals surface area (Å²) in [5, 5.41) is 8.60. The van der Waals surface area contributed by atoms with Crippen LogP contribution in [0, 0.1) is 11.8 Å². The number of rotatable bonds is 8. The van der Waals surface area contributed by atoms with Crippen LogP contribution in [0.25, 0.3) is 0 Å². The molecule has 2 atom stereocenters. The Morgan fingerprint density at radius 1 is 1.38 bits per heavy atom. The van der Waals surface area contributed by atoms with Gasteiger partial charge in [0, 0.05) is 30.6 Å². The van der Waals surface area contributed by atoms with Gasteiger partial charge in [-0.05, 0) is 62.5 Å². The van der Waals surface area contributed by atoms with E-state index in [1.165, 1.54) is 18.4 Å². The number of carbonyl (C=O) groups is 1. The number of hydrogen-bond donors (Lipinski definition) is 2. The van der Waals surface area contributed by atoms with Crippen LogP contribution < -0.4 is 10.6 Å². The highest BCUT2D eigenvalue weighted by molar-refractivity contribution is 7.07. The van der Waals surface area contributed by atoms with Gasteiger partial charge in [-0.2, -0.15) is 0 Å². The van der Waals surface area contributed by atoms with Crippen molar-refractivity contribution in [3.8, 4) is 0 Å². The lowest BCUT2D eigenvalue weighted by molar-refractivity contribution is -0.117. The average Bonchev–Trinajstić information content (AvgIpc) is 3.15. The fourth-order valence-electron chi connectivity index (χ4n) is 3.74. The largest absolute Gasteiger partial charge is 0.326 e. The fourth-order valence-corrected chi connectivity index (χ4v) is 4.29. The van der Waals surface area contributed by atoms with Crippen molar-refractivity contribution in [3.05, 3.63) is 46.4 Å². The van der Waals surface area contributed by atoms with Gasteiger partial charge in [-0.3, -0.25) is 9.69 Å². The van der Waals surface area contributed by atoms with Crippen molar-refractivity contribution in [1.82, 2.24) is 15.2 Å². The molecule has 2 N–H and O–H groups in total. The van der Waals surface area contributed by atoms with Gasteiger partial charge in [0.15, 0.2) is 0 Å². The zero-order valence-electron chi connectivity index (χ0n) is 17.1. The van der Waals surface area contributed by atoms with Gasteiger partial charge in [0.25, 0.3) is 0 Å². The zero-order chi connectivity index (χ0) is 19.1. The minimum Gasteiger partial charge on any atom is -0.326 e. The van der Waals surface area contributed by atoms with Gasteiger partial charge >= 0.3 is 0 Å². The minimum atomic E-state index is 0. The van der Waals surface area contributed by atoms with Gasteiger partial charge in [-0.25, -0.2) is 4.98 Å². The normalized spacial score (nSPS) is 17.1. The minimum absolute atomic E-state index is 0. The Morgan fingerprint density at radius 3 is 2.90 bits per heavy atom. The molecule has 5 nitrogen and oxygen atoms in total. The van der Waals surface area contributed by atoms with E-state index in [0.717, 1.165) is 37.6 Å². The lowest BCUT2D eigenvalue weighted by Crippen LogP contribution is -2.34. The van der Waals surface area contributed by atoms with Gasteiger partial charge in [-0.15, -0.1) is 36.2 Å². The van der Waals surface area contributed by atoms with Crippen molar-refractivity contribution in [1.29, 1.82) is 0 Å². The second-order valence-electron chi connectivity index (χ2n) is 7.69. The highest BCUT2D eigenvalue weighted by atomic mass is 35.5. The van der Waals surface area contributed by atoms with Gasteiger partial charge in [0.1, 0.15) is 0 Å². The van der Waals surface area contributed by atoms with E-state index in [1.54, 1.807) is 11.3 Å². The van der Waals surface area contributed by atoms with Gasteiger partial charge in [0.05, 0.1) is 11.2 Å². The summed E-state index contributed by atoms with van der Waals surface area (Å²) in [6, 6.07) is 8.15. The molecule has 0 radical (unpaired) electrons. The van der Waals surface area contributed by atoms with Gasteiger partial charge < -0.3 is 10.6 Å². The van der Waals surface area contributed by atoms with E-state index in [1.807, 2.05) is 17.6 Å². The Hall–Kier alpha value is -1.18. The summed E-state index contributed by atoms with van der Waals surface area (Å²) in [5.74, 6) is 1.13. The van der Waals surface area contributed by atoms with E-state index in [9.17, 15) is 4.79 Å². The van der Waals surface area contributed by atoms with Crippen LogP contribution in [0.15, 0.2) is 35.2 Å². The second-order valence-corrected chi connectivity index (χ2v) is 8.41. The molecule has 1 fully saturated rings. The summed E-state index contributed by atoms with van der Waals surface area (Å²) in [4.78, 5) is 19.0. The van der Waals surface area contributed by atoms with Crippen LogP contribution in [0.4, 0.5) is 5.69 Å². The van der Waals surface area contributed by atoms with Crippen molar-refractivity contribution in [3.63, 3.8) is 0 Å². The number of nitrogens with one attached hydrogen (secondary N) is 2. The summed E-state index contributed by atoms with van der Waals surface area (Å²) < 4.78 is 0. The summed E-state index contributed by atoms with van der Waals surface area (Å²) in [7, 11) is 2.09. The van der Waals surface area contributed by atoms with Gasteiger partial charge in [-0.1, -0.05) is 19.1 Å². The zero-order valence-corrected chi connectivity index (χ0v) is 19.5. The molecule has 3 rings (SSSR count). The third-order valence-electron chi connectivity index (χ3n) is 5.23. The van der Waals surface area contributed by atoms with Gasteiger partial charge in [0.2, 0.25) is 5.91 Å². The molecule has 1 aromatic heterocycles. The van der Waals surface area contributed by atoms with Crippen molar-refractivity contribution in [2.24, 2.45) is 11.8 Å². The van der Waals surface area contributed by atoms with Crippen molar-refractivity contribution in [2.45, 2.75) is 39.3 Å². The highest BCUT2D eigenvalue weighted by Gasteiger charge is 2.22. The molecule has 0 saturated carbocycles. The molecule has 2 heterocycles. The maximum absolute atomic E-state index is 12.5. The third-order valence-corrected chi connectivity index (χ3v) is 5.86. The molecule has 1 amide bonds. The number of benzene rings is 1. The molecule has 1 aliphatic rings. The van der Waals surface area contributed by atoms with Crippen LogP contribution in [0.1, 0.15) is 37.4 Å².